The molecule has 2 aliphatic rings. The van der Waals surface area contributed by atoms with Crippen LogP contribution in [0.5, 0.6) is 0 Å². The molecule has 1 amide bonds. The Kier molecular flexibility index (Phi) is 4.03. The van der Waals surface area contributed by atoms with E-state index in [0.717, 1.165) is 31.7 Å². The van der Waals surface area contributed by atoms with E-state index >= 15 is 0 Å². The number of carbonyl (C=O) groups is 1. The van der Waals surface area contributed by atoms with E-state index in [0.29, 0.717) is 5.41 Å². The van der Waals surface area contributed by atoms with Crippen LogP contribution in [0, 0.1) is 19.3 Å². The molecule has 0 aliphatic carbocycles. The highest BCUT2D eigenvalue weighted by Gasteiger charge is 2.36. The van der Waals surface area contributed by atoms with Gasteiger partial charge in [-0.2, -0.15) is 0 Å². The fraction of sp³-hybridized carbons (Fsp3) is 0.611. The molecule has 1 spiro atoms. The number of likely N-dealkylation sites (tertiary alicyclic amines) is 1. The fourth-order valence-corrected chi connectivity index (χ4v) is 3.92. The maximum Gasteiger partial charge on any atom is 0.253 e. The zero-order valence-electron chi connectivity index (χ0n) is 13.2. The van der Waals surface area contributed by atoms with Gasteiger partial charge in [-0.1, -0.05) is 17.2 Å². The third-order valence-electron chi connectivity index (χ3n) is 5.24. The van der Waals surface area contributed by atoms with Crippen molar-refractivity contribution < 1.29 is 4.79 Å². The molecule has 0 bridgehead atoms. The summed E-state index contributed by atoms with van der Waals surface area (Å²) in [7, 11) is 0. The molecule has 3 nitrogen and oxygen atoms in total. The van der Waals surface area contributed by atoms with Crippen molar-refractivity contribution in [3.8, 4) is 0 Å². The smallest absolute Gasteiger partial charge is 0.253 e. The lowest BCUT2D eigenvalue weighted by Gasteiger charge is -2.44. The molecule has 0 atom stereocenters. The van der Waals surface area contributed by atoms with Gasteiger partial charge in [-0.25, -0.2) is 0 Å². The number of rotatable bonds is 1. The van der Waals surface area contributed by atoms with Crippen molar-refractivity contribution in [1.82, 2.24) is 10.2 Å². The fourth-order valence-electron chi connectivity index (χ4n) is 3.92. The van der Waals surface area contributed by atoms with E-state index in [2.05, 4.69) is 30.1 Å². The van der Waals surface area contributed by atoms with Crippen molar-refractivity contribution >= 4 is 5.91 Å². The van der Waals surface area contributed by atoms with E-state index in [-0.39, 0.29) is 5.91 Å². The van der Waals surface area contributed by atoms with Crippen LogP contribution in [0.25, 0.3) is 0 Å². The summed E-state index contributed by atoms with van der Waals surface area (Å²) in [6.45, 7) is 8.25. The van der Waals surface area contributed by atoms with Crippen LogP contribution >= 0.6 is 0 Å². The van der Waals surface area contributed by atoms with Crippen LogP contribution in [0.3, 0.4) is 0 Å². The molecule has 0 aromatic heterocycles. The topological polar surface area (TPSA) is 32.3 Å². The number of nitrogens with zero attached hydrogens (tertiary/aromatic N) is 1. The summed E-state index contributed by atoms with van der Waals surface area (Å²) in [6, 6.07) is 6.16. The van der Waals surface area contributed by atoms with Crippen LogP contribution in [0.4, 0.5) is 0 Å². The second-order valence-electron chi connectivity index (χ2n) is 6.92. The van der Waals surface area contributed by atoms with Crippen molar-refractivity contribution in [3.05, 3.63) is 34.9 Å². The van der Waals surface area contributed by atoms with Crippen LogP contribution in [-0.4, -0.2) is 37.0 Å². The van der Waals surface area contributed by atoms with E-state index in [4.69, 9.17) is 0 Å². The molecule has 2 fully saturated rings. The molecule has 1 aromatic carbocycles. The Morgan fingerprint density at radius 3 is 2.14 bits per heavy atom. The van der Waals surface area contributed by atoms with Gasteiger partial charge in [0.2, 0.25) is 0 Å². The first-order valence-electron chi connectivity index (χ1n) is 8.16. The maximum atomic E-state index is 12.7. The minimum atomic E-state index is 0.214. The van der Waals surface area contributed by atoms with Crippen molar-refractivity contribution in [1.29, 1.82) is 0 Å². The van der Waals surface area contributed by atoms with Crippen molar-refractivity contribution in [3.63, 3.8) is 0 Å². The Morgan fingerprint density at radius 2 is 1.57 bits per heavy atom. The molecule has 3 rings (SSSR count). The molecule has 2 saturated heterocycles. The Balaban J connectivity index is 1.67. The van der Waals surface area contributed by atoms with Crippen molar-refractivity contribution in [2.75, 3.05) is 26.2 Å². The molecule has 1 aromatic rings. The second kappa shape index (κ2) is 5.80. The number of piperidine rings is 2. The minimum Gasteiger partial charge on any atom is -0.339 e. The highest BCUT2D eigenvalue weighted by Crippen LogP contribution is 2.39. The zero-order chi connectivity index (χ0) is 14.9. The monoisotopic (exact) mass is 286 g/mol. The molecular weight excluding hydrogens is 260 g/mol. The van der Waals surface area contributed by atoms with Gasteiger partial charge in [0.15, 0.2) is 0 Å². The van der Waals surface area contributed by atoms with E-state index in [1.165, 1.54) is 36.8 Å². The Bertz CT molecular complexity index is 502. The molecule has 0 unspecified atom stereocenters. The molecule has 0 saturated carbocycles. The SMILES string of the molecule is Cc1cc(C)cc(C(=O)N2CCC3(CCNCC3)CC2)c1. The number of hydrogen-bond acceptors (Lipinski definition) is 2. The highest BCUT2D eigenvalue weighted by atomic mass is 16.2. The molecule has 2 aliphatic heterocycles. The van der Waals surface area contributed by atoms with Gasteiger partial charge < -0.3 is 10.2 Å². The Hall–Kier alpha value is -1.35. The molecule has 2 heterocycles. The van der Waals surface area contributed by atoms with E-state index in [1.807, 2.05) is 12.1 Å². The number of amides is 1. The Labute approximate surface area is 127 Å². The summed E-state index contributed by atoms with van der Waals surface area (Å²) in [5, 5.41) is 3.45. The third kappa shape index (κ3) is 3.13. The number of benzene rings is 1. The number of aryl methyl sites for hydroxylation is 2. The van der Waals surface area contributed by atoms with Crippen LogP contribution in [0.15, 0.2) is 18.2 Å². The van der Waals surface area contributed by atoms with Gasteiger partial charge in [0.1, 0.15) is 0 Å². The first-order valence-corrected chi connectivity index (χ1v) is 8.16. The van der Waals surface area contributed by atoms with Crippen LogP contribution in [0.2, 0.25) is 0 Å². The van der Waals surface area contributed by atoms with Crippen molar-refractivity contribution in [2.45, 2.75) is 39.5 Å². The molecule has 0 radical (unpaired) electrons. The van der Waals surface area contributed by atoms with Crippen LogP contribution < -0.4 is 5.32 Å². The first kappa shape index (κ1) is 14.6. The van der Waals surface area contributed by atoms with Gasteiger partial charge in [0, 0.05) is 18.7 Å². The number of carbonyl (C=O) groups excluding carboxylic acids is 1. The first-order chi connectivity index (χ1) is 10.1. The standard InChI is InChI=1S/C18H26N2O/c1-14-11-15(2)13-16(12-14)17(21)20-9-5-18(6-10-20)3-7-19-8-4-18/h11-13,19H,3-10H2,1-2H3. The molecule has 21 heavy (non-hydrogen) atoms. The lowest BCUT2D eigenvalue weighted by molar-refractivity contribution is 0.0495. The van der Waals surface area contributed by atoms with Crippen molar-refractivity contribution in [2.24, 2.45) is 5.41 Å². The molecule has 1 N–H and O–H groups in total. The maximum absolute atomic E-state index is 12.7. The molecule has 3 heteroatoms. The Morgan fingerprint density at radius 1 is 1.00 bits per heavy atom. The van der Waals surface area contributed by atoms with E-state index in [9.17, 15) is 4.79 Å². The van der Waals surface area contributed by atoms with Crippen LogP contribution in [-0.2, 0) is 0 Å². The van der Waals surface area contributed by atoms with Crippen LogP contribution in [0.1, 0.15) is 47.2 Å². The summed E-state index contributed by atoms with van der Waals surface area (Å²) in [6.07, 6.45) is 4.90. The lowest BCUT2D eigenvalue weighted by Crippen LogP contribution is -2.47. The summed E-state index contributed by atoms with van der Waals surface area (Å²) in [5.74, 6) is 0.214. The predicted octanol–water partition coefficient (Wildman–Crippen LogP) is 2.91. The van der Waals surface area contributed by atoms with Gasteiger partial charge in [0.05, 0.1) is 0 Å². The number of nitrogens with one attached hydrogen (secondary N) is 1. The van der Waals surface area contributed by atoms with Gasteiger partial charge in [-0.15, -0.1) is 0 Å². The quantitative estimate of drug-likeness (QED) is 0.861. The van der Waals surface area contributed by atoms with E-state index < -0.39 is 0 Å². The lowest BCUT2D eigenvalue weighted by atomic mass is 9.71. The second-order valence-corrected chi connectivity index (χ2v) is 6.92. The van der Waals surface area contributed by atoms with E-state index in [1.54, 1.807) is 0 Å². The number of hydrogen-bond donors (Lipinski definition) is 1. The summed E-state index contributed by atoms with van der Waals surface area (Å²) in [5.41, 5.74) is 3.70. The summed E-state index contributed by atoms with van der Waals surface area (Å²) >= 11 is 0. The molecule has 114 valence electrons. The largest absolute Gasteiger partial charge is 0.339 e. The average molecular weight is 286 g/mol. The third-order valence-corrected chi connectivity index (χ3v) is 5.24. The van der Waals surface area contributed by atoms with Gasteiger partial charge in [-0.3, -0.25) is 4.79 Å². The van der Waals surface area contributed by atoms with Gasteiger partial charge in [0.25, 0.3) is 5.91 Å². The summed E-state index contributed by atoms with van der Waals surface area (Å²) < 4.78 is 0. The van der Waals surface area contributed by atoms with Gasteiger partial charge >= 0.3 is 0 Å². The summed E-state index contributed by atoms with van der Waals surface area (Å²) in [4.78, 5) is 14.7. The average Bonchev–Trinajstić information content (AvgIpc) is 2.47. The molecular formula is C18H26N2O. The van der Waals surface area contributed by atoms with Gasteiger partial charge in [-0.05, 0) is 70.2 Å². The highest BCUT2D eigenvalue weighted by molar-refractivity contribution is 5.94. The normalized spacial score (nSPS) is 21.5. The zero-order valence-corrected chi connectivity index (χ0v) is 13.2. The minimum absolute atomic E-state index is 0.214. The predicted molar refractivity (Wildman–Crippen MR) is 85.6 cm³/mol.